The molecule has 4 heterocycles. The van der Waals surface area contributed by atoms with Gasteiger partial charge in [0, 0.05) is 38.3 Å². The van der Waals surface area contributed by atoms with Gasteiger partial charge in [-0.05, 0) is 42.2 Å². The lowest BCUT2D eigenvalue weighted by Crippen LogP contribution is -2.36. The van der Waals surface area contributed by atoms with E-state index in [9.17, 15) is 9.18 Å². The zero-order chi connectivity index (χ0) is 21.4. The topological polar surface area (TPSA) is 87.6 Å². The quantitative estimate of drug-likeness (QED) is 0.671. The van der Waals surface area contributed by atoms with Gasteiger partial charge in [0.15, 0.2) is 11.6 Å². The highest BCUT2D eigenvalue weighted by molar-refractivity contribution is 5.91. The van der Waals surface area contributed by atoms with Gasteiger partial charge in [-0.15, -0.1) is 0 Å². The van der Waals surface area contributed by atoms with Gasteiger partial charge in [-0.25, -0.2) is 14.2 Å². The number of nitrogens with zero attached hydrogens (tertiary/aromatic N) is 3. The molecule has 0 bridgehead atoms. The van der Waals surface area contributed by atoms with Crippen molar-refractivity contribution < 1.29 is 13.6 Å². The number of furan rings is 1. The second kappa shape index (κ2) is 8.03. The number of nitrogens with one attached hydrogen (secondary N) is 1. The van der Waals surface area contributed by atoms with Crippen LogP contribution in [0.2, 0.25) is 0 Å². The third kappa shape index (κ3) is 3.98. The van der Waals surface area contributed by atoms with Crippen LogP contribution in [0.15, 0.2) is 59.2 Å². The predicted octanol–water partition coefficient (Wildman–Crippen LogP) is 3.66. The molecule has 0 spiro atoms. The maximum absolute atomic E-state index is 13.9. The van der Waals surface area contributed by atoms with E-state index in [1.165, 1.54) is 6.07 Å². The van der Waals surface area contributed by atoms with Crippen molar-refractivity contribution in [3.8, 4) is 11.5 Å². The highest BCUT2D eigenvalue weighted by atomic mass is 19.1. The van der Waals surface area contributed by atoms with Crippen molar-refractivity contribution in [1.82, 2.24) is 14.8 Å². The summed E-state index contributed by atoms with van der Waals surface area (Å²) in [6.45, 7) is 3.66. The predicted molar refractivity (Wildman–Crippen MR) is 116 cm³/mol. The van der Waals surface area contributed by atoms with Crippen molar-refractivity contribution in [1.29, 1.82) is 0 Å². The smallest absolute Gasteiger partial charge is 0.323 e. The fourth-order valence-corrected chi connectivity index (χ4v) is 4.56. The number of fused-ring (bicyclic) bond motifs is 1. The lowest BCUT2D eigenvalue weighted by Gasteiger charge is -2.22. The Morgan fingerprint density at radius 1 is 1.10 bits per heavy atom. The number of nitrogen functional groups attached to an aromatic ring is 1. The van der Waals surface area contributed by atoms with E-state index >= 15 is 0 Å². The molecular formula is C23H24FN5O2. The standard InChI is InChI=1S/C23H24FN5O2/c24-18-5-2-1-4-15(18)10-28-11-16-13-29(14-17(16)12-28)23(30)27-22-19(25)7-8-20(26-22)21-6-3-9-31-21/h1-9,16-17H,10-14,25H2,(H,26,27,30). The summed E-state index contributed by atoms with van der Waals surface area (Å²) >= 11 is 0. The molecule has 3 aromatic rings. The van der Waals surface area contributed by atoms with Gasteiger partial charge in [0.1, 0.15) is 11.5 Å². The molecule has 2 aliphatic rings. The molecule has 7 nitrogen and oxygen atoms in total. The summed E-state index contributed by atoms with van der Waals surface area (Å²) in [4.78, 5) is 21.4. The maximum atomic E-state index is 13.9. The number of hydrogen-bond acceptors (Lipinski definition) is 5. The fraction of sp³-hybridized carbons (Fsp3) is 0.304. The lowest BCUT2D eigenvalue weighted by molar-refractivity contribution is 0.211. The van der Waals surface area contributed by atoms with Crippen LogP contribution in [-0.4, -0.2) is 47.0 Å². The first-order valence-corrected chi connectivity index (χ1v) is 10.4. The number of rotatable bonds is 4. The number of amides is 2. The molecule has 0 aliphatic carbocycles. The Kier molecular flexibility index (Phi) is 5.07. The van der Waals surface area contributed by atoms with E-state index < -0.39 is 0 Å². The Labute approximate surface area is 179 Å². The molecule has 2 amide bonds. The van der Waals surface area contributed by atoms with Crippen LogP contribution < -0.4 is 11.1 Å². The van der Waals surface area contributed by atoms with Gasteiger partial charge in [0.2, 0.25) is 0 Å². The minimum atomic E-state index is -0.203. The van der Waals surface area contributed by atoms with Crippen LogP contribution in [0.3, 0.4) is 0 Å². The second-order valence-electron chi connectivity index (χ2n) is 8.25. The van der Waals surface area contributed by atoms with Crippen molar-refractivity contribution in [2.75, 3.05) is 37.2 Å². The van der Waals surface area contributed by atoms with Crippen LogP contribution >= 0.6 is 0 Å². The molecule has 160 valence electrons. The largest absolute Gasteiger partial charge is 0.463 e. The van der Waals surface area contributed by atoms with Crippen molar-refractivity contribution in [2.24, 2.45) is 11.8 Å². The van der Waals surface area contributed by atoms with Crippen LogP contribution in [0.25, 0.3) is 11.5 Å². The number of urea groups is 1. The Morgan fingerprint density at radius 2 is 1.87 bits per heavy atom. The molecule has 2 aromatic heterocycles. The Morgan fingerprint density at radius 3 is 2.58 bits per heavy atom. The molecule has 0 radical (unpaired) electrons. The lowest BCUT2D eigenvalue weighted by atomic mass is 10.0. The van der Waals surface area contributed by atoms with Gasteiger partial charge < -0.3 is 15.1 Å². The number of anilines is 2. The number of carbonyl (C=O) groups is 1. The summed E-state index contributed by atoms with van der Waals surface area (Å²) in [5.74, 6) is 1.55. The number of aromatic nitrogens is 1. The third-order valence-corrected chi connectivity index (χ3v) is 6.13. The zero-order valence-electron chi connectivity index (χ0n) is 17.0. The number of carbonyl (C=O) groups excluding carboxylic acids is 1. The second-order valence-corrected chi connectivity index (χ2v) is 8.25. The molecule has 5 rings (SSSR count). The number of pyridine rings is 1. The zero-order valence-corrected chi connectivity index (χ0v) is 17.0. The van der Waals surface area contributed by atoms with Gasteiger partial charge in [-0.2, -0.15) is 0 Å². The summed E-state index contributed by atoms with van der Waals surface area (Å²) in [6.07, 6.45) is 1.57. The van der Waals surface area contributed by atoms with E-state index in [4.69, 9.17) is 10.2 Å². The van der Waals surface area contributed by atoms with E-state index in [-0.39, 0.29) is 11.8 Å². The van der Waals surface area contributed by atoms with Crippen LogP contribution in [0.5, 0.6) is 0 Å². The highest BCUT2D eigenvalue weighted by Gasteiger charge is 2.41. The molecule has 8 heteroatoms. The molecule has 3 N–H and O–H groups in total. The monoisotopic (exact) mass is 421 g/mol. The Bertz CT molecular complexity index is 1070. The summed E-state index contributed by atoms with van der Waals surface area (Å²) in [7, 11) is 0. The van der Waals surface area contributed by atoms with Gasteiger partial charge in [-0.1, -0.05) is 18.2 Å². The van der Waals surface area contributed by atoms with E-state index in [1.807, 2.05) is 17.0 Å². The number of likely N-dealkylation sites (tertiary alicyclic amines) is 2. The normalized spacial score (nSPS) is 20.7. The molecule has 0 saturated carbocycles. The first kappa shape index (κ1) is 19.6. The number of hydrogen-bond donors (Lipinski definition) is 2. The minimum absolute atomic E-state index is 0.164. The summed E-state index contributed by atoms with van der Waals surface area (Å²) in [5.41, 5.74) is 7.75. The summed E-state index contributed by atoms with van der Waals surface area (Å²) in [6, 6.07) is 13.8. The molecule has 2 atom stereocenters. The third-order valence-electron chi connectivity index (χ3n) is 6.13. The number of halogens is 1. The van der Waals surface area contributed by atoms with E-state index in [0.29, 0.717) is 54.4 Å². The fourth-order valence-electron chi connectivity index (χ4n) is 4.56. The first-order valence-electron chi connectivity index (χ1n) is 10.4. The molecule has 1 aromatic carbocycles. The highest BCUT2D eigenvalue weighted by Crippen LogP contribution is 2.33. The van der Waals surface area contributed by atoms with E-state index in [0.717, 1.165) is 18.7 Å². The molecule has 2 unspecified atom stereocenters. The van der Waals surface area contributed by atoms with Gasteiger partial charge in [-0.3, -0.25) is 10.2 Å². The van der Waals surface area contributed by atoms with Gasteiger partial charge in [0.05, 0.1) is 12.0 Å². The number of nitrogens with two attached hydrogens (primary N) is 1. The van der Waals surface area contributed by atoms with Gasteiger partial charge >= 0.3 is 6.03 Å². The minimum Gasteiger partial charge on any atom is -0.463 e. The van der Waals surface area contributed by atoms with Crippen LogP contribution in [0.1, 0.15) is 5.56 Å². The van der Waals surface area contributed by atoms with Crippen LogP contribution in [0, 0.1) is 17.7 Å². The van der Waals surface area contributed by atoms with Crippen LogP contribution in [0.4, 0.5) is 20.7 Å². The maximum Gasteiger partial charge on any atom is 0.323 e. The average Bonchev–Trinajstić information content (AvgIpc) is 3.48. The molecular weight excluding hydrogens is 397 g/mol. The molecule has 2 saturated heterocycles. The first-order chi connectivity index (χ1) is 15.1. The molecule has 2 aliphatic heterocycles. The van der Waals surface area contributed by atoms with Crippen molar-refractivity contribution >= 4 is 17.5 Å². The van der Waals surface area contributed by atoms with Crippen molar-refractivity contribution in [3.05, 3.63) is 66.2 Å². The number of benzene rings is 1. The Hall–Kier alpha value is -3.39. The Balaban J connectivity index is 1.20. The van der Waals surface area contributed by atoms with Crippen LogP contribution in [-0.2, 0) is 6.54 Å². The molecule has 2 fully saturated rings. The molecule has 31 heavy (non-hydrogen) atoms. The summed E-state index contributed by atoms with van der Waals surface area (Å²) in [5, 5.41) is 2.85. The van der Waals surface area contributed by atoms with Crippen molar-refractivity contribution in [2.45, 2.75) is 6.54 Å². The average molecular weight is 421 g/mol. The van der Waals surface area contributed by atoms with E-state index in [1.54, 1.807) is 36.6 Å². The summed E-state index contributed by atoms with van der Waals surface area (Å²) < 4.78 is 19.3. The van der Waals surface area contributed by atoms with Crippen molar-refractivity contribution in [3.63, 3.8) is 0 Å². The SMILES string of the molecule is Nc1ccc(-c2ccco2)nc1NC(=O)N1CC2CN(Cc3ccccc3F)CC2C1. The van der Waals surface area contributed by atoms with Gasteiger partial charge in [0.25, 0.3) is 0 Å². The van der Waals surface area contributed by atoms with E-state index in [2.05, 4.69) is 15.2 Å².